The van der Waals surface area contributed by atoms with Crippen molar-refractivity contribution < 1.29 is 4.79 Å². The molecule has 1 amide bonds. The third kappa shape index (κ3) is 4.21. The largest absolute Gasteiger partial charge is 0.331 e. The van der Waals surface area contributed by atoms with E-state index in [0.717, 1.165) is 35.1 Å². The van der Waals surface area contributed by atoms with Gasteiger partial charge in [-0.3, -0.25) is 4.79 Å². The summed E-state index contributed by atoms with van der Waals surface area (Å²) in [5.74, 6) is 0.119. The zero-order valence-corrected chi connectivity index (χ0v) is 19.3. The molecule has 0 atom stereocenters. The Bertz CT molecular complexity index is 1270. The molecule has 0 saturated carbocycles. The molecule has 0 fully saturated rings. The molecule has 0 unspecified atom stereocenters. The first-order valence-electron chi connectivity index (χ1n) is 11.7. The van der Waals surface area contributed by atoms with E-state index in [2.05, 4.69) is 91.5 Å². The lowest BCUT2D eigenvalue weighted by Crippen LogP contribution is -2.41. The number of nitrogens with zero attached hydrogens (tertiary/aromatic N) is 1. The van der Waals surface area contributed by atoms with Gasteiger partial charge in [-0.15, -0.1) is 0 Å². The summed E-state index contributed by atoms with van der Waals surface area (Å²) in [5.41, 5.74) is 9.06. The molecule has 0 aromatic heterocycles. The minimum atomic E-state index is 0.119. The van der Waals surface area contributed by atoms with Crippen LogP contribution in [-0.2, 0) is 19.4 Å². The van der Waals surface area contributed by atoms with Crippen LogP contribution in [-0.4, -0.2) is 16.8 Å². The number of benzene rings is 4. The highest BCUT2D eigenvalue weighted by molar-refractivity contribution is 6.02. The molecule has 0 bridgehead atoms. The molecule has 0 aliphatic heterocycles. The van der Waals surface area contributed by atoms with Gasteiger partial charge in [0.1, 0.15) is 0 Å². The summed E-state index contributed by atoms with van der Waals surface area (Å²) in [5, 5.41) is 0. The quantitative estimate of drug-likeness (QED) is 0.341. The second-order valence-electron chi connectivity index (χ2n) is 9.05. The Morgan fingerprint density at radius 3 is 2.03 bits per heavy atom. The fourth-order valence-electron chi connectivity index (χ4n) is 5.05. The van der Waals surface area contributed by atoms with Gasteiger partial charge in [-0.25, -0.2) is 0 Å². The fourth-order valence-corrected chi connectivity index (χ4v) is 5.05. The monoisotopic (exact) mass is 431 g/mol. The second-order valence-corrected chi connectivity index (χ2v) is 9.05. The van der Waals surface area contributed by atoms with E-state index in [1.54, 1.807) is 0 Å². The molecule has 0 N–H and O–H groups in total. The summed E-state index contributed by atoms with van der Waals surface area (Å²) in [6.07, 6.45) is 1.81. The molecule has 0 radical (unpaired) electrons. The Kier molecular flexibility index (Phi) is 5.83. The van der Waals surface area contributed by atoms with Crippen LogP contribution in [0.15, 0.2) is 97.1 Å². The molecule has 1 aliphatic rings. The number of hydrogen-bond acceptors (Lipinski definition) is 1. The number of aryl methyl sites for hydroxylation is 2. The van der Waals surface area contributed by atoms with Crippen LogP contribution in [0.4, 0.5) is 0 Å². The predicted octanol–water partition coefficient (Wildman–Crippen LogP) is 6.78. The van der Waals surface area contributed by atoms with E-state index < -0.39 is 0 Å². The molecule has 0 heterocycles. The van der Waals surface area contributed by atoms with Crippen molar-refractivity contribution in [3.05, 3.63) is 130 Å². The molecule has 4 aromatic carbocycles. The second kappa shape index (κ2) is 9.07. The van der Waals surface area contributed by atoms with Crippen molar-refractivity contribution in [3.63, 3.8) is 0 Å². The van der Waals surface area contributed by atoms with Gasteiger partial charge in [0.25, 0.3) is 5.91 Å². The Morgan fingerprint density at radius 2 is 1.33 bits per heavy atom. The molecule has 0 saturated heterocycles. The van der Waals surface area contributed by atoms with Gasteiger partial charge < -0.3 is 4.90 Å². The van der Waals surface area contributed by atoms with E-state index in [4.69, 9.17) is 0 Å². The van der Waals surface area contributed by atoms with Crippen LogP contribution in [0, 0.1) is 13.8 Å². The van der Waals surface area contributed by atoms with Crippen LogP contribution in [0.5, 0.6) is 0 Å². The maximum atomic E-state index is 14.3. The highest BCUT2D eigenvalue weighted by Crippen LogP contribution is 2.32. The molecule has 164 valence electrons. The SMILES string of the molecule is Cc1ccccc1CN(C(=O)c1c(C)cccc1-c1ccccc1)C1Cc2ccccc2C1. The molecule has 1 aliphatic carbocycles. The van der Waals surface area contributed by atoms with Crippen molar-refractivity contribution in [2.24, 2.45) is 0 Å². The van der Waals surface area contributed by atoms with Crippen LogP contribution in [0.1, 0.15) is 38.2 Å². The van der Waals surface area contributed by atoms with Gasteiger partial charge in [-0.05, 0) is 65.6 Å². The van der Waals surface area contributed by atoms with E-state index in [-0.39, 0.29) is 11.9 Å². The summed E-state index contributed by atoms with van der Waals surface area (Å²) in [7, 11) is 0. The van der Waals surface area contributed by atoms with Gasteiger partial charge in [0.2, 0.25) is 0 Å². The lowest BCUT2D eigenvalue weighted by atomic mass is 9.94. The van der Waals surface area contributed by atoms with Crippen molar-refractivity contribution in [1.82, 2.24) is 4.90 Å². The van der Waals surface area contributed by atoms with Gasteiger partial charge in [0, 0.05) is 12.6 Å². The first-order chi connectivity index (χ1) is 16.1. The van der Waals surface area contributed by atoms with Crippen LogP contribution in [0.2, 0.25) is 0 Å². The topological polar surface area (TPSA) is 20.3 Å². The number of amides is 1. The third-order valence-corrected chi connectivity index (χ3v) is 6.90. The van der Waals surface area contributed by atoms with Crippen molar-refractivity contribution in [2.75, 3.05) is 0 Å². The zero-order valence-electron chi connectivity index (χ0n) is 19.3. The normalized spacial score (nSPS) is 13.0. The average Bonchev–Trinajstić information content (AvgIpc) is 3.27. The molecular formula is C31H29NO. The van der Waals surface area contributed by atoms with Crippen molar-refractivity contribution in [3.8, 4) is 11.1 Å². The van der Waals surface area contributed by atoms with Crippen LogP contribution in [0.25, 0.3) is 11.1 Å². The van der Waals surface area contributed by atoms with E-state index in [0.29, 0.717) is 6.54 Å². The van der Waals surface area contributed by atoms with Gasteiger partial charge >= 0.3 is 0 Å². The van der Waals surface area contributed by atoms with Crippen molar-refractivity contribution in [1.29, 1.82) is 0 Å². The first kappa shape index (κ1) is 21.2. The van der Waals surface area contributed by atoms with Crippen molar-refractivity contribution >= 4 is 5.91 Å². The fraction of sp³-hybridized carbons (Fsp3) is 0.194. The molecule has 5 rings (SSSR count). The maximum absolute atomic E-state index is 14.3. The molecule has 2 heteroatoms. The molecule has 4 aromatic rings. The Morgan fingerprint density at radius 1 is 0.727 bits per heavy atom. The van der Waals surface area contributed by atoms with Gasteiger partial charge in [-0.2, -0.15) is 0 Å². The predicted molar refractivity (Wildman–Crippen MR) is 135 cm³/mol. The Balaban J connectivity index is 1.58. The number of hydrogen-bond donors (Lipinski definition) is 0. The average molecular weight is 432 g/mol. The van der Waals surface area contributed by atoms with E-state index in [1.165, 1.54) is 22.3 Å². The van der Waals surface area contributed by atoms with Gasteiger partial charge in [0.05, 0.1) is 5.56 Å². The van der Waals surface area contributed by atoms with E-state index in [9.17, 15) is 4.79 Å². The molecule has 33 heavy (non-hydrogen) atoms. The number of carbonyl (C=O) groups excluding carboxylic acids is 1. The number of carbonyl (C=O) groups is 1. The highest BCUT2D eigenvalue weighted by atomic mass is 16.2. The summed E-state index contributed by atoms with van der Waals surface area (Å²) in [6.45, 7) is 4.80. The summed E-state index contributed by atoms with van der Waals surface area (Å²) in [4.78, 5) is 16.5. The summed E-state index contributed by atoms with van der Waals surface area (Å²) < 4.78 is 0. The van der Waals surface area contributed by atoms with Crippen molar-refractivity contribution in [2.45, 2.75) is 39.3 Å². The maximum Gasteiger partial charge on any atom is 0.255 e. The number of fused-ring (bicyclic) bond motifs is 1. The minimum absolute atomic E-state index is 0.119. The zero-order chi connectivity index (χ0) is 22.8. The summed E-state index contributed by atoms with van der Waals surface area (Å²) in [6, 6.07) is 33.6. The van der Waals surface area contributed by atoms with Crippen LogP contribution < -0.4 is 0 Å². The molecular weight excluding hydrogens is 402 g/mol. The first-order valence-corrected chi connectivity index (χ1v) is 11.7. The minimum Gasteiger partial charge on any atom is -0.331 e. The Hall–Kier alpha value is -3.65. The van der Waals surface area contributed by atoms with Crippen LogP contribution >= 0.6 is 0 Å². The van der Waals surface area contributed by atoms with E-state index in [1.807, 2.05) is 24.3 Å². The van der Waals surface area contributed by atoms with Gasteiger partial charge in [-0.1, -0.05) is 97.1 Å². The van der Waals surface area contributed by atoms with Crippen LogP contribution in [0.3, 0.4) is 0 Å². The van der Waals surface area contributed by atoms with E-state index >= 15 is 0 Å². The molecule has 0 spiro atoms. The third-order valence-electron chi connectivity index (χ3n) is 6.90. The lowest BCUT2D eigenvalue weighted by molar-refractivity contribution is 0.0667. The van der Waals surface area contributed by atoms with Gasteiger partial charge in [0.15, 0.2) is 0 Å². The lowest BCUT2D eigenvalue weighted by Gasteiger charge is -2.31. The standard InChI is InChI=1S/C31H29NO/c1-22-11-6-7-17-27(22)21-32(28-19-25-15-8-9-16-26(25)20-28)31(33)30-23(2)12-10-18-29(30)24-13-4-3-5-14-24/h3-18,28H,19-21H2,1-2H3. The Labute approximate surface area is 196 Å². The smallest absolute Gasteiger partial charge is 0.255 e. The number of rotatable bonds is 5. The highest BCUT2D eigenvalue weighted by Gasteiger charge is 2.32. The molecule has 2 nitrogen and oxygen atoms in total. The summed E-state index contributed by atoms with van der Waals surface area (Å²) >= 11 is 0.